The predicted octanol–water partition coefficient (Wildman–Crippen LogP) is -0.809. The number of piperazine rings is 1. The summed E-state index contributed by atoms with van der Waals surface area (Å²) in [7, 11) is 0. The first-order valence-electron chi connectivity index (χ1n) is 8.75. The van der Waals surface area contributed by atoms with E-state index < -0.39 is 23.8 Å². The Balaban J connectivity index is 1.44. The van der Waals surface area contributed by atoms with Gasteiger partial charge in [-0.25, -0.2) is 4.79 Å². The van der Waals surface area contributed by atoms with Crippen molar-refractivity contribution in [2.24, 2.45) is 0 Å². The number of likely N-dealkylation sites (tertiary alicyclic amines) is 1. The Kier molecular flexibility index (Phi) is 5.62. The molecule has 0 bridgehead atoms. The van der Waals surface area contributed by atoms with E-state index in [1.807, 2.05) is 4.90 Å². The monoisotopic (exact) mass is 365 g/mol. The summed E-state index contributed by atoms with van der Waals surface area (Å²) in [5.74, 6) is -2.30. The van der Waals surface area contributed by atoms with E-state index in [-0.39, 0.29) is 50.5 Å². The van der Waals surface area contributed by atoms with E-state index in [2.05, 4.69) is 5.32 Å². The van der Waals surface area contributed by atoms with E-state index in [1.54, 1.807) is 0 Å². The number of nitrogens with zero attached hydrogens (tertiary/aromatic N) is 4. The third-order valence-corrected chi connectivity index (χ3v) is 4.71. The summed E-state index contributed by atoms with van der Waals surface area (Å²) in [4.78, 5) is 67.1. The van der Waals surface area contributed by atoms with Gasteiger partial charge in [0.15, 0.2) is 0 Å². The Hall–Kier alpha value is -2.33. The smallest absolute Gasteiger partial charge is 0.333 e. The van der Waals surface area contributed by atoms with Crippen molar-refractivity contribution in [3.05, 3.63) is 5.32 Å². The zero-order chi connectivity index (χ0) is 18.7. The summed E-state index contributed by atoms with van der Waals surface area (Å²) < 4.78 is 0. The molecule has 0 radical (unpaired) electrons. The van der Waals surface area contributed by atoms with E-state index in [0.29, 0.717) is 31.2 Å². The lowest BCUT2D eigenvalue weighted by atomic mass is 10.2. The number of hydrogen-bond donors (Lipinski definition) is 0. The Morgan fingerprint density at radius 2 is 1.69 bits per heavy atom. The number of amides is 4. The zero-order valence-electron chi connectivity index (χ0n) is 14.4. The molecule has 0 aromatic heterocycles. The van der Waals surface area contributed by atoms with Crippen LogP contribution in [0.1, 0.15) is 32.1 Å². The molecule has 3 aliphatic heterocycles. The highest BCUT2D eigenvalue weighted by Crippen LogP contribution is 2.21. The quantitative estimate of drug-likeness (QED) is 0.565. The van der Waals surface area contributed by atoms with Gasteiger partial charge in [0.1, 0.15) is 0 Å². The number of hydrogen-bond acceptors (Lipinski definition) is 7. The fourth-order valence-electron chi connectivity index (χ4n) is 3.31. The summed E-state index contributed by atoms with van der Waals surface area (Å²) in [6.45, 7) is 2.78. The molecule has 1 unspecified atom stereocenters. The molecule has 0 N–H and O–H groups in total. The van der Waals surface area contributed by atoms with Crippen LogP contribution in [0.15, 0.2) is 0 Å². The first-order chi connectivity index (χ1) is 12.5. The van der Waals surface area contributed by atoms with Crippen LogP contribution in [0, 0.1) is 0 Å². The average Bonchev–Trinajstić information content (AvgIpc) is 3.10. The molecule has 1 atom stereocenters. The molecule has 0 aliphatic carbocycles. The van der Waals surface area contributed by atoms with Crippen LogP contribution in [-0.4, -0.2) is 83.2 Å². The molecule has 142 valence electrons. The first kappa shape index (κ1) is 18.5. The van der Waals surface area contributed by atoms with Crippen molar-refractivity contribution >= 4 is 29.6 Å². The minimum Gasteiger partial charge on any atom is -0.660 e. The van der Waals surface area contributed by atoms with Gasteiger partial charge in [-0.3, -0.25) is 29.0 Å². The highest BCUT2D eigenvalue weighted by Gasteiger charge is 2.41. The van der Waals surface area contributed by atoms with Gasteiger partial charge in [-0.05, 0) is 19.5 Å². The molecular weight excluding hydrogens is 344 g/mol. The van der Waals surface area contributed by atoms with Gasteiger partial charge in [-0.15, -0.1) is 18.2 Å². The number of carbonyl (C=O) groups is 5. The minimum atomic E-state index is -0.734. The molecule has 3 heterocycles. The fraction of sp³-hybridized carbons (Fsp3) is 0.688. The second-order valence-corrected chi connectivity index (χ2v) is 6.46. The lowest BCUT2D eigenvalue weighted by Gasteiger charge is -2.37. The second kappa shape index (κ2) is 7.92. The number of rotatable bonds is 6. The summed E-state index contributed by atoms with van der Waals surface area (Å²) in [6, 6.07) is -0.440. The standard InChI is InChI=1S/C16H21N4O6/c21-12-3-4-13(22)20(12)26-15(24)2-1-7-19-14(23)10-11(16(19)25)18-8-5-17-6-9-18/h11H,1-10H2/q-1. The maximum Gasteiger partial charge on any atom is 0.333 e. The van der Waals surface area contributed by atoms with Crippen LogP contribution < -0.4 is 0 Å². The molecule has 3 fully saturated rings. The zero-order valence-corrected chi connectivity index (χ0v) is 14.4. The fourth-order valence-corrected chi connectivity index (χ4v) is 3.31. The Bertz CT molecular complexity index is 614. The molecule has 3 aliphatic rings. The molecule has 0 spiro atoms. The van der Waals surface area contributed by atoms with E-state index in [4.69, 9.17) is 4.84 Å². The van der Waals surface area contributed by atoms with Gasteiger partial charge in [0.2, 0.25) is 11.8 Å². The molecule has 26 heavy (non-hydrogen) atoms. The summed E-state index contributed by atoms with van der Waals surface area (Å²) >= 11 is 0. The Labute approximate surface area is 150 Å². The number of carbonyl (C=O) groups excluding carboxylic acids is 5. The van der Waals surface area contributed by atoms with Gasteiger partial charge in [-0.2, -0.15) is 0 Å². The summed E-state index contributed by atoms with van der Waals surface area (Å²) in [6.07, 6.45) is 0.345. The van der Waals surface area contributed by atoms with Crippen LogP contribution in [0.25, 0.3) is 5.32 Å². The topological polar surface area (TPSA) is 118 Å². The maximum absolute atomic E-state index is 12.5. The van der Waals surface area contributed by atoms with Crippen molar-refractivity contribution in [2.75, 3.05) is 32.7 Å². The van der Waals surface area contributed by atoms with Gasteiger partial charge >= 0.3 is 5.97 Å². The van der Waals surface area contributed by atoms with Gasteiger partial charge in [0, 0.05) is 25.8 Å². The molecule has 3 saturated heterocycles. The highest BCUT2D eigenvalue weighted by atomic mass is 16.7. The molecule has 0 saturated carbocycles. The van der Waals surface area contributed by atoms with Crippen molar-refractivity contribution < 1.29 is 28.8 Å². The molecule has 4 amide bonds. The summed E-state index contributed by atoms with van der Waals surface area (Å²) in [5.41, 5.74) is 0. The maximum atomic E-state index is 12.5. The molecule has 3 rings (SSSR count). The molecule has 0 aromatic carbocycles. The third-order valence-electron chi connectivity index (χ3n) is 4.71. The van der Waals surface area contributed by atoms with Crippen molar-refractivity contribution in [1.82, 2.24) is 14.9 Å². The Morgan fingerprint density at radius 3 is 2.35 bits per heavy atom. The lowest BCUT2D eigenvalue weighted by molar-refractivity contribution is -0.197. The van der Waals surface area contributed by atoms with Crippen molar-refractivity contribution in [3.63, 3.8) is 0 Å². The molecule has 10 heteroatoms. The largest absolute Gasteiger partial charge is 0.660 e. The van der Waals surface area contributed by atoms with Gasteiger partial charge in [-0.1, -0.05) is 0 Å². The predicted molar refractivity (Wildman–Crippen MR) is 86.2 cm³/mol. The highest BCUT2D eigenvalue weighted by molar-refractivity contribution is 6.05. The van der Waals surface area contributed by atoms with E-state index >= 15 is 0 Å². The SMILES string of the molecule is O=C(CCCN1C(=O)CC(N2CC[N-]CC2)C1=O)ON1C(=O)CCC1=O. The van der Waals surface area contributed by atoms with E-state index in [0.717, 1.165) is 0 Å². The summed E-state index contributed by atoms with van der Waals surface area (Å²) in [5, 5.41) is 4.72. The van der Waals surface area contributed by atoms with Crippen LogP contribution in [0.5, 0.6) is 0 Å². The average molecular weight is 365 g/mol. The third kappa shape index (κ3) is 3.91. The number of hydroxylamine groups is 2. The van der Waals surface area contributed by atoms with Crippen LogP contribution in [-0.2, 0) is 28.8 Å². The molecule has 10 nitrogen and oxygen atoms in total. The van der Waals surface area contributed by atoms with Crippen LogP contribution >= 0.6 is 0 Å². The van der Waals surface area contributed by atoms with E-state index in [9.17, 15) is 24.0 Å². The minimum absolute atomic E-state index is 0.0358. The van der Waals surface area contributed by atoms with Gasteiger partial charge < -0.3 is 10.2 Å². The van der Waals surface area contributed by atoms with Crippen molar-refractivity contribution in [3.8, 4) is 0 Å². The van der Waals surface area contributed by atoms with Crippen LogP contribution in [0.2, 0.25) is 0 Å². The van der Waals surface area contributed by atoms with Crippen molar-refractivity contribution in [2.45, 2.75) is 38.1 Å². The van der Waals surface area contributed by atoms with Gasteiger partial charge in [0.05, 0.1) is 12.5 Å². The lowest BCUT2D eigenvalue weighted by Crippen LogP contribution is -2.46. The van der Waals surface area contributed by atoms with E-state index in [1.165, 1.54) is 4.90 Å². The van der Waals surface area contributed by atoms with Crippen LogP contribution in [0.4, 0.5) is 0 Å². The number of imide groups is 2. The molecular formula is C16H21N4O6-. The second-order valence-electron chi connectivity index (χ2n) is 6.46. The van der Waals surface area contributed by atoms with Crippen molar-refractivity contribution in [1.29, 1.82) is 0 Å². The van der Waals surface area contributed by atoms with Crippen LogP contribution in [0.3, 0.4) is 0 Å². The Morgan fingerprint density at radius 1 is 1.04 bits per heavy atom. The first-order valence-corrected chi connectivity index (χ1v) is 8.75. The molecule has 0 aromatic rings. The van der Waals surface area contributed by atoms with Gasteiger partial charge in [0.25, 0.3) is 11.8 Å². The normalized spacial score (nSPS) is 24.7.